The molecular weight excluding hydrogens is 267 g/mol. The molecule has 2 atom stereocenters. The highest BCUT2D eigenvalue weighted by molar-refractivity contribution is 6.35. The van der Waals surface area contributed by atoms with Crippen LogP contribution in [0.1, 0.15) is 38.3 Å². The Morgan fingerprint density at radius 1 is 1.33 bits per heavy atom. The normalized spacial score (nSPS) is 14.8. The van der Waals surface area contributed by atoms with Gasteiger partial charge in [0.2, 0.25) is 0 Å². The number of nitrogens with two attached hydrogens (primary N) is 1. The monoisotopic (exact) mass is 288 g/mol. The maximum Gasteiger partial charge on any atom is 0.0484 e. The van der Waals surface area contributed by atoms with Crippen molar-refractivity contribution in [1.82, 2.24) is 4.90 Å². The summed E-state index contributed by atoms with van der Waals surface area (Å²) in [5, 5.41) is 1.34. The van der Waals surface area contributed by atoms with E-state index in [0.29, 0.717) is 22.6 Å². The van der Waals surface area contributed by atoms with Gasteiger partial charge in [-0.2, -0.15) is 0 Å². The molecule has 2 unspecified atom stereocenters. The molecule has 1 aromatic rings. The highest BCUT2D eigenvalue weighted by atomic mass is 35.5. The fourth-order valence-corrected chi connectivity index (χ4v) is 2.75. The molecule has 2 N–H and O–H groups in total. The maximum atomic E-state index is 6.26. The first-order chi connectivity index (χ1) is 8.51. The predicted octanol–water partition coefficient (Wildman–Crippen LogP) is 4.11. The van der Waals surface area contributed by atoms with Crippen LogP contribution in [0.5, 0.6) is 0 Å². The van der Waals surface area contributed by atoms with Gasteiger partial charge in [-0.15, -0.1) is 0 Å². The zero-order valence-electron chi connectivity index (χ0n) is 11.3. The molecule has 0 fully saturated rings. The van der Waals surface area contributed by atoms with Crippen LogP contribution >= 0.6 is 23.2 Å². The van der Waals surface area contributed by atoms with Crippen LogP contribution < -0.4 is 5.73 Å². The highest BCUT2D eigenvalue weighted by Gasteiger charge is 2.21. The van der Waals surface area contributed by atoms with Crippen molar-refractivity contribution in [1.29, 1.82) is 0 Å². The van der Waals surface area contributed by atoms with Crippen molar-refractivity contribution in [3.63, 3.8) is 0 Å². The van der Waals surface area contributed by atoms with E-state index in [-0.39, 0.29) is 6.04 Å². The van der Waals surface area contributed by atoms with Gasteiger partial charge in [0.05, 0.1) is 0 Å². The van der Waals surface area contributed by atoms with Gasteiger partial charge in [-0.25, -0.2) is 0 Å². The van der Waals surface area contributed by atoms with Crippen molar-refractivity contribution in [2.45, 2.75) is 38.8 Å². The zero-order valence-corrected chi connectivity index (χ0v) is 12.8. The van der Waals surface area contributed by atoms with Crippen molar-refractivity contribution in [2.75, 3.05) is 13.6 Å². The molecule has 0 saturated heterocycles. The van der Waals surface area contributed by atoms with E-state index in [9.17, 15) is 0 Å². The molecule has 0 amide bonds. The van der Waals surface area contributed by atoms with Crippen LogP contribution in [0.15, 0.2) is 18.2 Å². The number of halogens is 2. The molecular formula is C14H22Cl2N2. The first-order valence-corrected chi connectivity index (χ1v) is 7.13. The topological polar surface area (TPSA) is 29.3 Å². The Hall–Kier alpha value is -0.280. The molecule has 18 heavy (non-hydrogen) atoms. The smallest absolute Gasteiger partial charge is 0.0484 e. The van der Waals surface area contributed by atoms with E-state index in [4.69, 9.17) is 28.9 Å². The summed E-state index contributed by atoms with van der Waals surface area (Å²) in [6.45, 7) is 4.96. The number of hydrogen-bond acceptors (Lipinski definition) is 2. The zero-order chi connectivity index (χ0) is 13.7. The van der Waals surface area contributed by atoms with Crippen molar-refractivity contribution in [3.05, 3.63) is 33.8 Å². The second kappa shape index (κ2) is 7.34. The van der Waals surface area contributed by atoms with Gasteiger partial charge in [0.25, 0.3) is 0 Å². The third-order valence-electron chi connectivity index (χ3n) is 3.44. The molecule has 1 rings (SSSR count). The number of rotatable bonds is 6. The third kappa shape index (κ3) is 3.86. The van der Waals surface area contributed by atoms with Crippen molar-refractivity contribution >= 4 is 23.2 Å². The summed E-state index contributed by atoms with van der Waals surface area (Å²) in [5.41, 5.74) is 6.96. The predicted molar refractivity (Wildman–Crippen MR) is 80.4 cm³/mol. The van der Waals surface area contributed by atoms with E-state index < -0.39 is 0 Å². The highest BCUT2D eigenvalue weighted by Crippen LogP contribution is 2.30. The van der Waals surface area contributed by atoms with Crippen molar-refractivity contribution in [2.24, 2.45) is 5.73 Å². The van der Waals surface area contributed by atoms with Gasteiger partial charge < -0.3 is 5.73 Å². The fourth-order valence-electron chi connectivity index (χ4n) is 2.21. The maximum absolute atomic E-state index is 6.26. The molecule has 0 bridgehead atoms. The summed E-state index contributed by atoms with van der Waals surface area (Å²) in [7, 11) is 2.10. The van der Waals surface area contributed by atoms with Crippen LogP contribution in [0, 0.1) is 0 Å². The summed E-state index contributed by atoms with van der Waals surface area (Å²) < 4.78 is 0. The lowest BCUT2D eigenvalue weighted by Gasteiger charge is -2.33. The van der Waals surface area contributed by atoms with Crippen molar-refractivity contribution in [3.8, 4) is 0 Å². The number of benzene rings is 1. The van der Waals surface area contributed by atoms with Crippen LogP contribution in [0.4, 0.5) is 0 Å². The van der Waals surface area contributed by atoms with E-state index in [1.807, 2.05) is 12.1 Å². The summed E-state index contributed by atoms with van der Waals surface area (Å²) in [4.78, 5) is 2.29. The van der Waals surface area contributed by atoms with E-state index >= 15 is 0 Å². The number of likely N-dealkylation sites (N-methyl/N-ethyl adjacent to an activating group) is 1. The summed E-state index contributed by atoms with van der Waals surface area (Å²) >= 11 is 12.2. The average molecular weight is 289 g/mol. The van der Waals surface area contributed by atoms with E-state index in [1.165, 1.54) is 0 Å². The third-order valence-corrected chi connectivity index (χ3v) is 4.00. The SMILES string of the molecule is CCCC(C)N(C)C(CN)c1ccc(Cl)cc1Cl. The lowest BCUT2D eigenvalue weighted by Crippen LogP contribution is -2.37. The van der Waals surface area contributed by atoms with Crippen LogP contribution in [0.3, 0.4) is 0 Å². The minimum Gasteiger partial charge on any atom is -0.329 e. The molecule has 0 aliphatic heterocycles. The lowest BCUT2D eigenvalue weighted by atomic mass is 10.0. The van der Waals surface area contributed by atoms with Crippen LogP contribution in [0.2, 0.25) is 10.0 Å². The lowest BCUT2D eigenvalue weighted by molar-refractivity contribution is 0.180. The van der Waals surface area contributed by atoms with Gasteiger partial charge in [0.15, 0.2) is 0 Å². The number of hydrogen-bond donors (Lipinski definition) is 1. The molecule has 102 valence electrons. The van der Waals surface area contributed by atoms with Gasteiger partial charge in [0, 0.05) is 28.7 Å². The second-order valence-electron chi connectivity index (χ2n) is 4.72. The number of nitrogens with zero attached hydrogens (tertiary/aromatic N) is 1. The molecule has 1 aromatic carbocycles. The Labute approximate surface area is 120 Å². The molecule has 0 aromatic heterocycles. The molecule has 0 aliphatic rings. The summed E-state index contributed by atoms with van der Waals surface area (Å²) in [6, 6.07) is 6.23. The average Bonchev–Trinajstić information content (AvgIpc) is 2.32. The fraction of sp³-hybridized carbons (Fsp3) is 0.571. The minimum atomic E-state index is 0.135. The van der Waals surface area contributed by atoms with E-state index in [0.717, 1.165) is 18.4 Å². The van der Waals surface area contributed by atoms with Gasteiger partial charge in [0.1, 0.15) is 0 Å². The van der Waals surface area contributed by atoms with Crippen LogP contribution in [0.25, 0.3) is 0 Å². The van der Waals surface area contributed by atoms with Crippen LogP contribution in [-0.2, 0) is 0 Å². The molecule has 0 aliphatic carbocycles. The molecule has 0 radical (unpaired) electrons. The Bertz CT molecular complexity index is 382. The molecule has 4 heteroatoms. The van der Waals surface area contributed by atoms with Gasteiger partial charge in [-0.1, -0.05) is 42.6 Å². The first-order valence-electron chi connectivity index (χ1n) is 6.38. The molecule has 2 nitrogen and oxygen atoms in total. The van der Waals surface area contributed by atoms with Gasteiger partial charge >= 0.3 is 0 Å². The Morgan fingerprint density at radius 2 is 2.00 bits per heavy atom. The minimum absolute atomic E-state index is 0.135. The molecule has 0 heterocycles. The Kier molecular flexibility index (Phi) is 6.44. The van der Waals surface area contributed by atoms with E-state index in [2.05, 4.69) is 25.8 Å². The quantitative estimate of drug-likeness (QED) is 0.853. The Morgan fingerprint density at radius 3 is 2.50 bits per heavy atom. The molecule has 0 saturated carbocycles. The second-order valence-corrected chi connectivity index (χ2v) is 5.56. The van der Waals surface area contributed by atoms with Gasteiger partial charge in [-0.05, 0) is 38.1 Å². The summed E-state index contributed by atoms with van der Waals surface area (Å²) in [6.07, 6.45) is 2.31. The Balaban J connectivity index is 2.94. The summed E-state index contributed by atoms with van der Waals surface area (Å²) in [5.74, 6) is 0. The van der Waals surface area contributed by atoms with Crippen LogP contribution in [-0.4, -0.2) is 24.5 Å². The van der Waals surface area contributed by atoms with Crippen molar-refractivity contribution < 1.29 is 0 Å². The first kappa shape index (κ1) is 15.8. The largest absolute Gasteiger partial charge is 0.329 e. The standard InChI is InChI=1S/C14H22Cl2N2/c1-4-5-10(2)18(3)14(9-17)12-7-6-11(15)8-13(12)16/h6-8,10,14H,4-5,9,17H2,1-3H3. The molecule has 0 spiro atoms. The van der Waals surface area contributed by atoms with Gasteiger partial charge in [-0.3, -0.25) is 4.90 Å². The van der Waals surface area contributed by atoms with E-state index in [1.54, 1.807) is 6.07 Å².